The van der Waals surface area contributed by atoms with Gasteiger partial charge in [-0.3, -0.25) is 4.79 Å². The van der Waals surface area contributed by atoms with Crippen LogP contribution in [0, 0.1) is 0 Å². The van der Waals surface area contributed by atoms with Gasteiger partial charge < -0.3 is 14.4 Å². The second-order valence-corrected chi connectivity index (χ2v) is 4.76. The van der Waals surface area contributed by atoms with Gasteiger partial charge in [-0.05, 0) is 25.1 Å². The Morgan fingerprint density at radius 3 is 2.78 bits per heavy atom. The smallest absolute Gasteiger partial charge is 0.248 e. The van der Waals surface area contributed by atoms with E-state index in [9.17, 15) is 4.79 Å². The van der Waals surface area contributed by atoms with Crippen molar-refractivity contribution in [1.82, 2.24) is 4.90 Å². The molecular weight excluding hydrogens is 298 g/mol. The molecule has 0 aromatic heterocycles. The molecule has 0 heterocycles. The van der Waals surface area contributed by atoms with E-state index in [0.29, 0.717) is 13.2 Å². The van der Waals surface area contributed by atoms with Crippen molar-refractivity contribution in [3.63, 3.8) is 0 Å². The summed E-state index contributed by atoms with van der Waals surface area (Å²) in [7, 11) is 3.37. The Morgan fingerprint density at radius 2 is 2.17 bits per heavy atom. The monoisotopic (exact) mass is 315 g/mol. The standard InChI is InChI=1S/C13H18BrNO3/c1-4-18-9-13(16)15(2)8-10-7-11(14)5-6-12(10)17-3/h5-7H,4,8-9H2,1-3H3. The van der Waals surface area contributed by atoms with Crippen LogP contribution in [0.2, 0.25) is 0 Å². The Morgan fingerprint density at radius 1 is 1.44 bits per heavy atom. The van der Waals surface area contributed by atoms with E-state index in [1.807, 2.05) is 25.1 Å². The number of carbonyl (C=O) groups excluding carboxylic acids is 1. The zero-order chi connectivity index (χ0) is 13.5. The molecule has 100 valence electrons. The molecule has 1 aromatic carbocycles. The van der Waals surface area contributed by atoms with Gasteiger partial charge in [-0.15, -0.1) is 0 Å². The molecule has 0 saturated carbocycles. The fourth-order valence-electron chi connectivity index (χ4n) is 1.51. The van der Waals surface area contributed by atoms with E-state index in [-0.39, 0.29) is 12.5 Å². The SMILES string of the molecule is CCOCC(=O)N(C)Cc1cc(Br)ccc1OC. The summed E-state index contributed by atoms with van der Waals surface area (Å²) in [5.74, 6) is 0.730. The highest BCUT2D eigenvalue weighted by molar-refractivity contribution is 9.10. The number of halogens is 1. The zero-order valence-electron chi connectivity index (χ0n) is 10.9. The summed E-state index contributed by atoms with van der Waals surface area (Å²) in [6.45, 7) is 3.02. The van der Waals surface area contributed by atoms with E-state index in [2.05, 4.69) is 15.9 Å². The van der Waals surface area contributed by atoms with Crippen molar-refractivity contribution in [2.75, 3.05) is 27.4 Å². The maximum Gasteiger partial charge on any atom is 0.248 e. The molecule has 0 bridgehead atoms. The van der Waals surface area contributed by atoms with Crippen molar-refractivity contribution in [3.05, 3.63) is 28.2 Å². The normalized spacial score (nSPS) is 10.2. The zero-order valence-corrected chi connectivity index (χ0v) is 12.5. The highest BCUT2D eigenvalue weighted by atomic mass is 79.9. The molecule has 0 N–H and O–H groups in total. The lowest BCUT2D eigenvalue weighted by molar-refractivity contribution is -0.135. The lowest BCUT2D eigenvalue weighted by Gasteiger charge is -2.19. The average Bonchev–Trinajstić information content (AvgIpc) is 2.36. The first-order chi connectivity index (χ1) is 8.58. The number of methoxy groups -OCH3 is 1. The van der Waals surface area contributed by atoms with Gasteiger partial charge in [0.1, 0.15) is 12.4 Å². The molecule has 0 atom stereocenters. The molecule has 0 aliphatic heterocycles. The molecule has 0 fully saturated rings. The lowest BCUT2D eigenvalue weighted by atomic mass is 10.2. The van der Waals surface area contributed by atoms with E-state index < -0.39 is 0 Å². The second kappa shape index (κ2) is 7.38. The summed E-state index contributed by atoms with van der Waals surface area (Å²) in [6.07, 6.45) is 0. The first-order valence-corrected chi connectivity index (χ1v) is 6.52. The maximum atomic E-state index is 11.7. The molecule has 0 unspecified atom stereocenters. The molecule has 1 amide bonds. The van der Waals surface area contributed by atoms with Crippen LogP contribution < -0.4 is 4.74 Å². The Balaban J connectivity index is 2.71. The van der Waals surface area contributed by atoms with Gasteiger partial charge in [-0.1, -0.05) is 15.9 Å². The van der Waals surface area contributed by atoms with E-state index in [1.54, 1.807) is 19.1 Å². The number of nitrogens with zero attached hydrogens (tertiary/aromatic N) is 1. The van der Waals surface area contributed by atoms with Crippen LogP contribution in [-0.2, 0) is 16.1 Å². The van der Waals surface area contributed by atoms with Crippen molar-refractivity contribution in [1.29, 1.82) is 0 Å². The number of hydrogen-bond donors (Lipinski definition) is 0. The van der Waals surface area contributed by atoms with Crippen LogP contribution in [-0.4, -0.2) is 38.2 Å². The molecule has 0 radical (unpaired) electrons. The van der Waals surface area contributed by atoms with Crippen molar-refractivity contribution < 1.29 is 14.3 Å². The number of hydrogen-bond acceptors (Lipinski definition) is 3. The fourth-order valence-corrected chi connectivity index (χ4v) is 1.92. The predicted molar refractivity (Wildman–Crippen MR) is 73.7 cm³/mol. The molecule has 0 saturated heterocycles. The number of rotatable bonds is 6. The van der Waals surface area contributed by atoms with Gasteiger partial charge in [0.15, 0.2) is 0 Å². The first-order valence-electron chi connectivity index (χ1n) is 5.72. The quantitative estimate of drug-likeness (QED) is 0.809. The molecule has 0 aliphatic carbocycles. The third-order valence-corrected chi connectivity index (χ3v) is 3.00. The fraction of sp³-hybridized carbons (Fsp3) is 0.462. The molecule has 18 heavy (non-hydrogen) atoms. The van der Waals surface area contributed by atoms with Crippen molar-refractivity contribution >= 4 is 21.8 Å². The number of ether oxygens (including phenoxy) is 2. The van der Waals surface area contributed by atoms with E-state index in [4.69, 9.17) is 9.47 Å². The minimum absolute atomic E-state index is 0.0427. The third kappa shape index (κ3) is 4.31. The van der Waals surface area contributed by atoms with Crippen LogP contribution in [0.15, 0.2) is 22.7 Å². The van der Waals surface area contributed by atoms with Crippen LogP contribution in [0.3, 0.4) is 0 Å². The van der Waals surface area contributed by atoms with Crippen molar-refractivity contribution in [2.45, 2.75) is 13.5 Å². The lowest BCUT2D eigenvalue weighted by Crippen LogP contribution is -2.30. The van der Waals surface area contributed by atoms with Crippen LogP contribution in [0.25, 0.3) is 0 Å². The summed E-state index contributed by atoms with van der Waals surface area (Å²) >= 11 is 3.41. The molecule has 5 heteroatoms. The predicted octanol–water partition coefficient (Wildman–Crippen LogP) is 2.45. The summed E-state index contributed by atoms with van der Waals surface area (Å²) in [6, 6.07) is 5.73. The van der Waals surface area contributed by atoms with Gasteiger partial charge in [0, 0.05) is 30.2 Å². The van der Waals surface area contributed by atoms with Gasteiger partial charge in [-0.2, -0.15) is 0 Å². The Bertz CT molecular complexity index is 409. The van der Waals surface area contributed by atoms with Gasteiger partial charge in [0.25, 0.3) is 0 Å². The summed E-state index contributed by atoms with van der Waals surface area (Å²) in [5.41, 5.74) is 0.958. The van der Waals surface area contributed by atoms with Crippen molar-refractivity contribution in [3.8, 4) is 5.75 Å². The van der Waals surface area contributed by atoms with Gasteiger partial charge >= 0.3 is 0 Å². The summed E-state index contributed by atoms with van der Waals surface area (Å²) in [5, 5.41) is 0. The molecule has 4 nitrogen and oxygen atoms in total. The molecule has 0 spiro atoms. The van der Waals surface area contributed by atoms with Crippen LogP contribution in [0.4, 0.5) is 0 Å². The first kappa shape index (κ1) is 15.0. The largest absolute Gasteiger partial charge is 0.496 e. The highest BCUT2D eigenvalue weighted by Gasteiger charge is 2.12. The summed E-state index contributed by atoms with van der Waals surface area (Å²) in [4.78, 5) is 13.4. The van der Waals surface area contributed by atoms with E-state index >= 15 is 0 Å². The van der Waals surface area contributed by atoms with Gasteiger partial charge in [-0.25, -0.2) is 0 Å². The summed E-state index contributed by atoms with van der Waals surface area (Å²) < 4.78 is 11.3. The Kier molecular flexibility index (Phi) is 6.15. The van der Waals surface area contributed by atoms with Gasteiger partial charge in [0.05, 0.1) is 7.11 Å². The van der Waals surface area contributed by atoms with Crippen molar-refractivity contribution in [2.24, 2.45) is 0 Å². The van der Waals surface area contributed by atoms with Gasteiger partial charge in [0.2, 0.25) is 5.91 Å². The highest BCUT2D eigenvalue weighted by Crippen LogP contribution is 2.24. The minimum atomic E-state index is -0.0427. The number of carbonyl (C=O) groups is 1. The second-order valence-electron chi connectivity index (χ2n) is 3.84. The van der Waals surface area contributed by atoms with E-state index in [0.717, 1.165) is 15.8 Å². The topological polar surface area (TPSA) is 38.8 Å². The number of amides is 1. The maximum absolute atomic E-state index is 11.7. The van der Waals surface area contributed by atoms with Crippen LogP contribution in [0.5, 0.6) is 5.75 Å². The Labute approximate surface area is 116 Å². The molecule has 1 aromatic rings. The average molecular weight is 316 g/mol. The minimum Gasteiger partial charge on any atom is -0.496 e. The molecule has 0 aliphatic rings. The van der Waals surface area contributed by atoms with E-state index in [1.165, 1.54) is 0 Å². The number of likely N-dealkylation sites (N-methyl/N-ethyl adjacent to an activating group) is 1. The Hall–Kier alpha value is -1.07. The third-order valence-electron chi connectivity index (χ3n) is 2.51. The van der Waals surface area contributed by atoms with Crippen LogP contribution in [0.1, 0.15) is 12.5 Å². The molecular formula is C13H18BrNO3. The van der Waals surface area contributed by atoms with Crippen LogP contribution >= 0.6 is 15.9 Å². The number of benzene rings is 1. The molecule has 1 rings (SSSR count).